The normalized spacial score (nSPS) is 18.4. The van der Waals surface area contributed by atoms with Crippen LogP contribution in [0.3, 0.4) is 0 Å². The second kappa shape index (κ2) is 7.28. The maximum atomic E-state index is 12.5. The third-order valence-electron chi connectivity index (χ3n) is 4.07. The van der Waals surface area contributed by atoms with Crippen LogP contribution in [0, 0.1) is 0 Å². The van der Waals surface area contributed by atoms with E-state index in [-0.39, 0.29) is 0 Å². The van der Waals surface area contributed by atoms with Gasteiger partial charge in [-0.3, -0.25) is 0 Å². The van der Waals surface area contributed by atoms with Crippen molar-refractivity contribution in [2.45, 2.75) is 31.5 Å². The minimum absolute atomic E-state index is 0.575. The topological polar surface area (TPSA) is 6.48 Å². The molecule has 1 fully saturated rings. The van der Waals surface area contributed by atoms with Gasteiger partial charge in [-0.05, 0) is 44.0 Å². The lowest BCUT2D eigenvalue weighted by molar-refractivity contribution is -0.137. The first-order valence-corrected chi connectivity index (χ1v) is 8.10. The van der Waals surface area contributed by atoms with E-state index >= 15 is 0 Å². The first-order valence-electron chi connectivity index (χ1n) is 7.13. The standard InChI is InChI=1S/C15H20F3IN2/c1-20(14-7-10-21(19)11-8-14)9-6-12-2-4-13(5-3-12)15(16,17)18/h2-5,14H,6-11H2,1H3. The highest BCUT2D eigenvalue weighted by atomic mass is 127. The lowest BCUT2D eigenvalue weighted by atomic mass is 10.0. The first kappa shape index (κ1) is 17.0. The van der Waals surface area contributed by atoms with Gasteiger partial charge in [0.2, 0.25) is 0 Å². The van der Waals surface area contributed by atoms with Gasteiger partial charge in [0.1, 0.15) is 0 Å². The molecule has 0 bridgehead atoms. The highest BCUT2D eigenvalue weighted by molar-refractivity contribution is 14.1. The molecule has 1 aliphatic rings. The molecule has 2 rings (SSSR count). The van der Waals surface area contributed by atoms with Crippen LogP contribution in [-0.4, -0.2) is 40.7 Å². The zero-order valence-corrected chi connectivity index (χ0v) is 14.2. The number of piperidine rings is 1. The van der Waals surface area contributed by atoms with E-state index in [1.807, 2.05) is 0 Å². The van der Waals surface area contributed by atoms with Crippen LogP contribution in [0.25, 0.3) is 0 Å². The van der Waals surface area contributed by atoms with Crippen molar-refractivity contribution in [3.8, 4) is 0 Å². The summed E-state index contributed by atoms with van der Waals surface area (Å²) in [6.07, 6.45) is -1.14. The first-order chi connectivity index (χ1) is 9.86. The zero-order valence-electron chi connectivity index (χ0n) is 12.0. The Morgan fingerprint density at radius 1 is 1.19 bits per heavy atom. The number of nitrogens with zero attached hydrogens (tertiary/aromatic N) is 2. The molecule has 0 aliphatic carbocycles. The van der Waals surface area contributed by atoms with E-state index in [0.29, 0.717) is 6.04 Å². The summed E-state index contributed by atoms with van der Waals surface area (Å²) in [5.41, 5.74) is 0.384. The van der Waals surface area contributed by atoms with Crippen molar-refractivity contribution in [3.05, 3.63) is 35.4 Å². The molecule has 1 aromatic rings. The molecule has 6 heteroatoms. The van der Waals surface area contributed by atoms with E-state index in [1.54, 1.807) is 12.1 Å². The molecule has 0 unspecified atom stereocenters. The number of alkyl halides is 3. The number of rotatable bonds is 4. The third kappa shape index (κ3) is 5.10. The van der Waals surface area contributed by atoms with Crippen LogP contribution in [0.1, 0.15) is 24.0 Å². The second-order valence-electron chi connectivity index (χ2n) is 5.57. The summed E-state index contributed by atoms with van der Waals surface area (Å²) in [5, 5.41) is 0. The molecular formula is C15H20F3IN2. The number of likely N-dealkylation sites (N-methyl/N-ethyl adjacent to an activating group) is 1. The van der Waals surface area contributed by atoms with E-state index < -0.39 is 11.7 Å². The van der Waals surface area contributed by atoms with Gasteiger partial charge in [0.05, 0.1) is 5.56 Å². The van der Waals surface area contributed by atoms with Gasteiger partial charge in [-0.2, -0.15) is 13.2 Å². The minimum atomic E-state index is -4.25. The van der Waals surface area contributed by atoms with Gasteiger partial charge < -0.3 is 4.90 Å². The van der Waals surface area contributed by atoms with Crippen molar-refractivity contribution in [3.63, 3.8) is 0 Å². The molecule has 1 saturated heterocycles. The van der Waals surface area contributed by atoms with Crippen molar-refractivity contribution in [2.24, 2.45) is 0 Å². The van der Waals surface area contributed by atoms with E-state index in [4.69, 9.17) is 0 Å². The Labute approximate surface area is 137 Å². The fourth-order valence-corrected chi connectivity index (χ4v) is 3.18. The fourth-order valence-electron chi connectivity index (χ4n) is 2.62. The van der Waals surface area contributed by atoms with Gasteiger partial charge in [-0.15, -0.1) is 0 Å². The van der Waals surface area contributed by atoms with Crippen LogP contribution in [0.15, 0.2) is 24.3 Å². The molecule has 1 heterocycles. The molecule has 0 atom stereocenters. The number of hydrogen-bond acceptors (Lipinski definition) is 2. The Bertz CT molecular complexity index is 439. The summed E-state index contributed by atoms with van der Waals surface area (Å²) in [4.78, 5) is 2.33. The van der Waals surface area contributed by atoms with Crippen LogP contribution < -0.4 is 0 Å². The Kier molecular flexibility index (Phi) is 5.90. The van der Waals surface area contributed by atoms with Crippen molar-refractivity contribution < 1.29 is 13.2 Å². The Hall–Kier alpha value is -0.340. The van der Waals surface area contributed by atoms with Crippen LogP contribution in [0.5, 0.6) is 0 Å². The van der Waals surface area contributed by atoms with Crippen molar-refractivity contribution in [1.29, 1.82) is 0 Å². The zero-order chi connectivity index (χ0) is 15.5. The summed E-state index contributed by atoms with van der Waals surface area (Å²) in [5.74, 6) is 0. The van der Waals surface area contributed by atoms with Crippen molar-refractivity contribution in [2.75, 3.05) is 26.7 Å². The SMILES string of the molecule is CN(CCc1ccc(C(F)(F)F)cc1)C1CCN(I)CC1. The molecule has 118 valence electrons. The highest BCUT2D eigenvalue weighted by Gasteiger charge is 2.29. The minimum Gasteiger partial charge on any atom is -0.303 e. The molecule has 1 aromatic carbocycles. The molecule has 0 aromatic heterocycles. The van der Waals surface area contributed by atoms with Crippen LogP contribution in [0.4, 0.5) is 13.2 Å². The molecule has 1 aliphatic heterocycles. The van der Waals surface area contributed by atoms with Gasteiger partial charge >= 0.3 is 6.18 Å². The van der Waals surface area contributed by atoms with E-state index in [2.05, 4.69) is 37.9 Å². The summed E-state index contributed by atoms with van der Waals surface area (Å²) < 4.78 is 39.8. The summed E-state index contributed by atoms with van der Waals surface area (Å²) in [7, 11) is 2.11. The van der Waals surface area contributed by atoms with Gasteiger partial charge in [-0.25, -0.2) is 3.11 Å². The van der Waals surface area contributed by atoms with Gasteiger partial charge in [0.15, 0.2) is 0 Å². The smallest absolute Gasteiger partial charge is 0.303 e. The summed E-state index contributed by atoms with van der Waals surface area (Å²) >= 11 is 2.35. The largest absolute Gasteiger partial charge is 0.416 e. The van der Waals surface area contributed by atoms with E-state index in [9.17, 15) is 13.2 Å². The van der Waals surface area contributed by atoms with E-state index in [1.165, 1.54) is 12.1 Å². The predicted molar refractivity (Wildman–Crippen MR) is 86.4 cm³/mol. The molecule has 0 spiro atoms. The Morgan fingerprint density at radius 3 is 2.29 bits per heavy atom. The maximum Gasteiger partial charge on any atom is 0.416 e. The van der Waals surface area contributed by atoms with Crippen LogP contribution >= 0.6 is 22.9 Å². The molecule has 2 nitrogen and oxygen atoms in total. The molecule has 0 radical (unpaired) electrons. The molecule has 0 N–H and O–H groups in total. The van der Waals surface area contributed by atoms with Gasteiger partial charge in [0.25, 0.3) is 0 Å². The van der Waals surface area contributed by atoms with Gasteiger partial charge in [-0.1, -0.05) is 12.1 Å². The Balaban J connectivity index is 1.82. The summed E-state index contributed by atoms with van der Waals surface area (Å²) in [6.45, 7) is 3.10. The molecular weight excluding hydrogens is 392 g/mol. The van der Waals surface area contributed by atoms with Crippen molar-refractivity contribution in [1.82, 2.24) is 8.01 Å². The predicted octanol–water partition coefficient (Wildman–Crippen LogP) is 3.99. The molecule has 0 amide bonds. The average molecular weight is 412 g/mol. The van der Waals surface area contributed by atoms with Crippen molar-refractivity contribution >= 4 is 22.9 Å². The lowest BCUT2D eigenvalue weighted by Gasteiger charge is -2.34. The van der Waals surface area contributed by atoms with Gasteiger partial charge in [0, 0.05) is 48.5 Å². The second-order valence-corrected chi connectivity index (χ2v) is 6.93. The highest BCUT2D eigenvalue weighted by Crippen LogP contribution is 2.29. The number of benzene rings is 1. The van der Waals surface area contributed by atoms with Crippen LogP contribution in [-0.2, 0) is 12.6 Å². The molecule has 0 saturated carbocycles. The quantitative estimate of drug-likeness (QED) is 0.545. The Morgan fingerprint density at radius 2 is 1.76 bits per heavy atom. The van der Waals surface area contributed by atoms with E-state index in [0.717, 1.165) is 44.5 Å². The lowest BCUT2D eigenvalue weighted by Crippen LogP contribution is -2.40. The maximum absolute atomic E-state index is 12.5. The monoisotopic (exact) mass is 412 g/mol. The third-order valence-corrected chi connectivity index (χ3v) is 5.03. The fraction of sp³-hybridized carbons (Fsp3) is 0.600. The number of hydrogen-bond donors (Lipinski definition) is 0. The summed E-state index contributed by atoms with van der Waals surface area (Å²) in [6, 6.07) is 6.10. The number of halogens is 4. The van der Waals surface area contributed by atoms with Crippen LogP contribution in [0.2, 0.25) is 0 Å². The molecule has 21 heavy (non-hydrogen) atoms. The average Bonchev–Trinajstić information content (AvgIpc) is 2.45.